The first-order valence-electron chi connectivity index (χ1n) is 10.3. The number of rotatable bonds is 6. The molecule has 0 unspecified atom stereocenters. The average Bonchev–Trinajstić information content (AvgIpc) is 3.58. The molecule has 5 rings (SSSR count). The van der Waals surface area contributed by atoms with Crippen molar-refractivity contribution in [2.45, 2.75) is 12.8 Å². The molecule has 0 bridgehead atoms. The Bertz CT molecular complexity index is 1030. The topological polar surface area (TPSA) is 32.5 Å². The van der Waals surface area contributed by atoms with Crippen molar-refractivity contribution in [3.8, 4) is 11.5 Å². The van der Waals surface area contributed by atoms with Gasteiger partial charge in [-0.25, -0.2) is 0 Å². The van der Waals surface area contributed by atoms with E-state index in [0.29, 0.717) is 5.75 Å². The number of phenolic OH excluding ortho intramolecular Hbond substituents is 1. The number of benzene rings is 3. The molecule has 146 valence electrons. The van der Waals surface area contributed by atoms with Gasteiger partial charge in [-0.3, -0.25) is 4.90 Å². The number of ether oxygens (including phenoxy) is 1. The number of nitrogens with zero attached hydrogens (tertiary/aromatic N) is 1. The second-order valence-corrected chi connectivity index (χ2v) is 7.78. The van der Waals surface area contributed by atoms with Crippen LogP contribution in [0.25, 0.3) is 11.1 Å². The van der Waals surface area contributed by atoms with Gasteiger partial charge in [0.2, 0.25) is 0 Å². The van der Waals surface area contributed by atoms with Gasteiger partial charge >= 0.3 is 0 Å². The van der Waals surface area contributed by atoms with E-state index < -0.39 is 0 Å². The highest BCUT2D eigenvalue weighted by molar-refractivity contribution is 6.00. The Morgan fingerprint density at radius 1 is 0.828 bits per heavy atom. The summed E-state index contributed by atoms with van der Waals surface area (Å²) in [7, 11) is 0. The van der Waals surface area contributed by atoms with Crippen molar-refractivity contribution in [2.75, 3.05) is 26.2 Å². The first-order valence-corrected chi connectivity index (χ1v) is 10.3. The van der Waals surface area contributed by atoms with Gasteiger partial charge in [-0.15, -0.1) is 0 Å². The van der Waals surface area contributed by atoms with Crippen LogP contribution < -0.4 is 4.74 Å². The van der Waals surface area contributed by atoms with Crippen molar-refractivity contribution >= 4 is 11.1 Å². The maximum atomic E-state index is 9.95. The number of phenols is 1. The minimum Gasteiger partial charge on any atom is -0.508 e. The molecule has 1 heterocycles. The monoisotopic (exact) mass is 383 g/mol. The summed E-state index contributed by atoms with van der Waals surface area (Å²) in [4.78, 5) is 2.36. The minimum absolute atomic E-state index is 0.335. The summed E-state index contributed by atoms with van der Waals surface area (Å²) in [6, 6.07) is 24.8. The molecule has 1 aliphatic carbocycles. The number of fused-ring (bicyclic) bond motifs is 1. The Morgan fingerprint density at radius 2 is 1.62 bits per heavy atom. The quantitative estimate of drug-likeness (QED) is 0.609. The Labute approximate surface area is 171 Å². The first kappa shape index (κ1) is 18.0. The molecular formula is C26H25NO2. The number of aromatic hydroxyl groups is 1. The fourth-order valence-electron chi connectivity index (χ4n) is 4.14. The van der Waals surface area contributed by atoms with Crippen LogP contribution in [-0.2, 0) is 6.42 Å². The smallest absolute Gasteiger partial charge is 0.119 e. The van der Waals surface area contributed by atoms with Crippen LogP contribution in [0.3, 0.4) is 0 Å². The van der Waals surface area contributed by atoms with Gasteiger partial charge in [0, 0.05) is 19.6 Å². The van der Waals surface area contributed by atoms with Crippen molar-refractivity contribution in [3.63, 3.8) is 0 Å². The van der Waals surface area contributed by atoms with Crippen molar-refractivity contribution < 1.29 is 9.84 Å². The maximum Gasteiger partial charge on any atom is 0.119 e. The number of allylic oxidation sites excluding steroid dienone is 1. The summed E-state index contributed by atoms with van der Waals surface area (Å²) in [6.45, 7) is 4.14. The first-order chi connectivity index (χ1) is 14.3. The van der Waals surface area contributed by atoms with E-state index in [0.717, 1.165) is 31.7 Å². The Balaban J connectivity index is 1.52. The van der Waals surface area contributed by atoms with E-state index in [2.05, 4.69) is 65.6 Å². The third kappa shape index (κ3) is 3.92. The highest BCUT2D eigenvalue weighted by atomic mass is 16.5. The zero-order chi connectivity index (χ0) is 19.6. The van der Waals surface area contributed by atoms with Crippen LogP contribution in [0.15, 0.2) is 72.8 Å². The average molecular weight is 383 g/mol. The molecule has 0 amide bonds. The van der Waals surface area contributed by atoms with E-state index in [4.69, 9.17) is 4.74 Å². The van der Waals surface area contributed by atoms with E-state index in [1.807, 2.05) is 6.07 Å². The van der Waals surface area contributed by atoms with Crippen molar-refractivity contribution in [3.05, 3.63) is 95.1 Å². The molecule has 2 aliphatic rings. The van der Waals surface area contributed by atoms with Gasteiger partial charge in [0.05, 0.1) is 0 Å². The molecular weight excluding hydrogens is 358 g/mol. The lowest BCUT2D eigenvalue weighted by atomic mass is 9.79. The zero-order valence-electron chi connectivity index (χ0n) is 16.5. The Hall–Kier alpha value is -3.04. The molecule has 3 aromatic carbocycles. The van der Waals surface area contributed by atoms with E-state index in [1.54, 1.807) is 6.07 Å². The lowest BCUT2D eigenvalue weighted by molar-refractivity contribution is 0.292. The summed E-state index contributed by atoms with van der Waals surface area (Å²) in [5, 5.41) is 9.95. The van der Waals surface area contributed by atoms with E-state index in [-0.39, 0.29) is 0 Å². The predicted octanol–water partition coefficient (Wildman–Crippen LogP) is 4.99. The van der Waals surface area contributed by atoms with E-state index in [9.17, 15) is 5.11 Å². The molecule has 1 aliphatic heterocycles. The van der Waals surface area contributed by atoms with E-state index >= 15 is 0 Å². The van der Waals surface area contributed by atoms with Crippen LogP contribution in [0.1, 0.15) is 28.7 Å². The molecule has 0 atom stereocenters. The molecule has 29 heavy (non-hydrogen) atoms. The SMILES string of the molecule is Oc1ccc2c(c1)CCC(c1ccccc1)=C2c1ccc(OCCN2CC2)cc1. The fraction of sp³-hybridized carbons (Fsp3) is 0.231. The summed E-state index contributed by atoms with van der Waals surface area (Å²) < 4.78 is 5.91. The van der Waals surface area contributed by atoms with Gasteiger partial charge in [-0.2, -0.15) is 0 Å². The normalized spacial score (nSPS) is 15.9. The highest BCUT2D eigenvalue weighted by Gasteiger charge is 2.22. The van der Waals surface area contributed by atoms with Crippen LogP contribution in [0.2, 0.25) is 0 Å². The largest absolute Gasteiger partial charge is 0.508 e. The molecule has 0 saturated carbocycles. The standard InChI is InChI=1S/C26H25NO2/c28-22-9-13-25-21(18-22)8-12-24(19-4-2-1-3-5-19)26(25)20-6-10-23(11-7-20)29-17-16-27-14-15-27/h1-7,9-11,13,18,28H,8,12,14-17H2. The summed E-state index contributed by atoms with van der Waals surface area (Å²) >= 11 is 0. The minimum atomic E-state index is 0.335. The van der Waals surface area contributed by atoms with Crippen molar-refractivity contribution in [1.82, 2.24) is 4.90 Å². The van der Waals surface area contributed by atoms with Crippen LogP contribution in [0.5, 0.6) is 11.5 Å². The number of aryl methyl sites for hydroxylation is 1. The molecule has 1 saturated heterocycles. The molecule has 3 aromatic rings. The second-order valence-electron chi connectivity index (χ2n) is 7.78. The molecule has 0 radical (unpaired) electrons. The summed E-state index contributed by atoms with van der Waals surface area (Å²) in [5.41, 5.74) is 7.49. The highest BCUT2D eigenvalue weighted by Crippen LogP contribution is 2.41. The Morgan fingerprint density at radius 3 is 2.38 bits per heavy atom. The Kier molecular flexibility index (Phi) is 4.82. The second kappa shape index (κ2) is 7.76. The van der Waals surface area contributed by atoms with Gasteiger partial charge in [0.1, 0.15) is 18.1 Å². The molecule has 1 N–H and O–H groups in total. The van der Waals surface area contributed by atoms with Gasteiger partial charge in [0.15, 0.2) is 0 Å². The van der Waals surface area contributed by atoms with Crippen molar-refractivity contribution in [2.24, 2.45) is 0 Å². The number of hydrogen-bond donors (Lipinski definition) is 1. The van der Waals surface area contributed by atoms with Gasteiger partial charge in [-0.05, 0) is 70.5 Å². The predicted molar refractivity (Wildman–Crippen MR) is 117 cm³/mol. The van der Waals surface area contributed by atoms with Crippen LogP contribution in [0.4, 0.5) is 0 Å². The van der Waals surface area contributed by atoms with Crippen molar-refractivity contribution in [1.29, 1.82) is 0 Å². The van der Waals surface area contributed by atoms with Gasteiger partial charge in [-0.1, -0.05) is 48.5 Å². The fourth-order valence-corrected chi connectivity index (χ4v) is 4.14. The third-order valence-electron chi connectivity index (χ3n) is 5.79. The van der Waals surface area contributed by atoms with Gasteiger partial charge in [0.25, 0.3) is 0 Å². The molecule has 0 aromatic heterocycles. The molecule has 3 nitrogen and oxygen atoms in total. The molecule has 3 heteroatoms. The zero-order valence-corrected chi connectivity index (χ0v) is 16.5. The lowest BCUT2D eigenvalue weighted by Gasteiger charge is -2.25. The molecule has 0 spiro atoms. The third-order valence-corrected chi connectivity index (χ3v) is 5.79. The van der Waals surface area contributed by atoms with Crippen LogP contribution in [-0.4, -0.2) is 36.2 Å². The summed E-state index contributed by atoms with van der Waals surface area (Å²) in [6.07, 6.45) is 1.90. The van der Waals surface area contributed by atoms with Gasteiger partial charge < -0.3 is 9.84 Å². The lowest BCUT2D eigenvalue weighted by Crippen LogP contribution is -2.10. The summed E-state index contributed by atoms with van der Waals surface area (Å²) in [5.74, 6) is 1.25. The van der Waals surface area contributed by atoms with E-state index in [1.165, 1.54) is 46.5 Å². The number of hydrogen-bond acceptors (Lipinski definition) is 3. The maximum absolute atomic E-state index is 9.95. The molecule has 1 fully saturated rings. The van der Waals surface area contributed by atoms with Crippen LogP contribution in [0, 0.1) is 0 Å². The van der Waals surface area contributed by atoms with Crippen LogP contribution >= 0.6 is 0 Å².